The van der Waals surface area contributed by atoms with Crippen LogP contribution in [0.1, 0.15) is 48.0 Å². The number of ether oxygens (including phenoxy) is 4. The Kier molecular flexibility index (Phi) is 11.7. The van der Waals surface area contributed by atoms with Crippen molar-refractivity contribution in [2.24, 2.45) is 0 Å². The Morgan fingerprint density at radius 1 is 1.21 bits per heavy atom. The second kappa shape index (κ2) is 12.8. The molecule has 10 nitrogen and oxygen atoms in total. The van der Waals surface area contributed by atoms with Crippen LogP contribution in [-0.4, -0.2) is 80.6 Å². The van der Waals surface area contributed by atoms with Crippen LogP contribution in [0.3, 0.4) is 0 Å². The highest BCUT2D eigenvalue weighted by molar-refractivity contribution is 14.1. The summed E-state index contributed by atoms with van der Waals surface area (Å²) in [5.41, 5.74) is 0. The second-order valence-corrected chi connectivity index (χ2v) is 13.3. The molecule has 33 heavy (non-hydrogen) atoms. The molecule has 1 aliphatic rings. The summed E-state index contributed by atoms with van der Waals surface area (Å²) in [6.45, 7) is 9.46. The molecule has 1 heterocycles. The smallest absolute Gasteiger partial charge is 0.349 e. The predicted molar refractivity (Wildman–Crippen MR) is 133 cm³/mol. The van der Waals surface area contributed by atoms with Crippen molar-refractivity contribution in [3.63, 3.8) is 0 Å². The van der Waals surface area contributed by atoms with Crippen LogP contribution in [0.5, 0.6) is 0 Å². The molecule has 0 aromatic rings. The number of carbonyl (C=O) groups is 4. The molecule has 1 aliphatic heterocycles. The number of esters is 3. The van der Waals surface area contributed by atoms with Crippen molar-refractivity contribution in [2.75, 3.05) is 13.7 Å². The highest BCUT2D eigenvalue weighted by Crippen LogP contribution is 2.50. The van der Waals surface area contributed by atoms with Gasteiger partial charge in [0.25, 0.3) is 0 Å². The SMILES string of the molecule is COC(=O)[C@@]1(SSC(C)(C)C)C[C@H](OC(C)=O)[C@@H](NC(C)=O)[C@H]([C@H](O)[C@@H](I)COC(C)=O)O1. The van der Waals surface area contributed by atoms with Gasteiger partial charge in [-0.25, -0.2) is 4.79 Å². The first-order valence-electron chi connectivity index (χ1n) is 10.1. The van der Waals surface area contributed by atoms with Crippen molar-refractivity contribution >= 4 is 68.0 Å². The van der Waals surface area contributed by atoms with Crippen LogP contribution in [0.2, 0.25) is 0 Å². The topological polar surface area (TPSA) is 137 Å². The monoisotopic (exact) mass is 621 g/mol. The van der Waals surface area contributed by atoms with Gasteiger partial charge in [-0.3, -0.25) is 14.4 Å². The molecular formula is C20H32INO9S2. The average Bonchev–Trinajstić information content (AvgIpc) is 2.69. The number of nitrogens with one attached hydrogen (secondary N) is 1. The van der Waals surface area contributed by atoms with Gasteiger partial charge in [-0.1, -0.05) is 54.2 Å². The van der Waals surface area contributed by atoms with Crippen molar-refractivity contribution in [3.05, 3.63) is 0 Å². The normalized spacial score (nSPS) is 27.1. The van der Waals surface area contributed by atoms with Crippen molar-refractivity contribution < 1.29 is 43.2 Å². The van der Waals surface area contributed by atoms with Crippen molar-refractivity contribution in [1.29, 1.82) is 0 Å². The minimum atomic E-state index is -1.63. The van der Waals surface area contributed by atoms with E-state index in [0.29, 0.717) is 0 Å². The Bertz CT molecular complexity index is 733. The van der Waals surface area contributed by atoms with Crippen molar-refractivity contribution in [3.8, 4) is 0 Å². The third-order valence-corrected chi connectivity index (χ3v) is 9.25. The zero-order chi connectivity index (χ0) is 25.6. The lowest BCUT2D eigenvalue weighted by molar-refractivity contribution is -0.203. The Morgan fingerprint density at radius 2 is 1.82 bits per heavy atom. The molecule has 1 fully saturated rings. The van der Waals surface area contributed by atoms with Crippen LogP contribution in [0, 0.1) is 0 Å². The third-order valence-electron chi connectivity index (χ3n) is 4.31. The minimum Gasteiger partial charge on any atom is -0.466 e. The molecule has 0 radical (unpaired) electrons. The molecule has 0 aromatic carbocycles. The number of amides is 1. The van der Waals surface area contributed by atoms with Gasteiger partial charge in [0, 0.05) is 31.9 Å². The van der Waals surface area contributed by atoms with Crippen LogP contribution in [-0.2, 0) is 38.1 Å². The molecule has 0 aromatic heterocycles. The maximum Gasteiger partial charge on any atom is 0.349 e. The molecule has 13 heteroatoms. The molecule has 1 amide bonds. The summed E-state index contributed by atoms with van der Waals surface area (Å²) in [4.78, 5) is 46.4. The fourth-order valence-corrected chi connectivity index (χ4v) is 6.22. The highest BCUT2D eigenvalue weighted by Gasteiger charge is 2.57. The number of hydrogen-bond donors (Lipinski definition) is 2. The van der Waals surface area contributed by atoms with E-state index in [1.165, 1.54) is 38.7 Å². The molecule has 0 aliphatic carbocycles. The molecule has 0 bridgehead atoms. The Labute approximate surface area is 215 Å². The van der Waals surface area contributed by atoms with Gasteiger partial charge >= 0.3 is 17.9 Å². The average molecular weight is 622 g/mol. The molecule has 0 unspecified atom stereocenters. The van der Waals surface area contributed by atoms with E-state index in [2.05, 4.69) is 5.32 Å². The summed E-state index contributed by atoms with van der Waals surface area (Å²) >= 11 is 1.90. The fraction of sp³-hybridized carbons (Fsp3) is 0.800. The summed E-state index contributed by atoms with van der Waals surface area (Å²) in [5, 5.41) is 13.8. The van der Waals surface area contributed by atoms with Gasteiger partial charge in [-0.15, -0.1) is 0 Å². The zero-order valence-electron chi connectivity index (χ0n) is 19.7. The number of methoxy groups -OCH3 is 1. The lowest BCUT2D eigenvalue weighted by atomic mass is 9.90. The number of alkyl halides is 1. The summed E-state index contributed by atoms with van der Waals surface area (Å²) in [6.07, 6.45) is -3.60. The summed E-state index contributed by atoms with van der Waals surface area (Å²) in [7, 11) is 3.68. The largest absolute Gasteiger partial charge is 0.466 e. The molecule has 2 N–H and O–H groups in total. The molecule has 1 rings (SSSR count). The molecular weight excluding hydrogens is 589 g/mol. The first-order chi connectivity index (χ1) is 15.1. The second-order valence-electron chi connectivity index (χ2n) is 8.49. The standard InChI is InChI=1S/C20H32INO9S2/c1-10(23)22-15-14(30-12(3)25)8-20(18(27)28-7,33-32-19(4,5)6)31-17(15)16(26)13(21)9-29-11(2)24/h13-17,26H,8-9H2,1-7H3,(H,22,23)/t13-,14-,15+,16+,17+,20-/m0/s1. The van der Waals surface area contributed by atoms with E-state index in [1.54, 1.807) is 0 Å². The van der Waals surface area contributed by atoms with E-state index in [4.69, 9.17) is 18.9 Å². The predicted octanol–water partition coefficient (Wildman–Crippen LogP) is 1.99. The maximum absolute atomic E-state index is 13.0. The van der Waals surface area contributed by atoms with E-state index < -0.39 is 57.0 Å². The number of carbonyl (C=O) groups excluding carboxylic acids is 4. The number of aliphatic hydroxyl groups is 1. The van der Waals surface area contributed by atoms with Gasteiger partial charge in [0.05, 0.1) is 23.2 Å². The Morgan fingerprint density at radius 3 is 2.27 bits per heavy atom. The van der Waals surface area contributed by atoms with E-state index >= 15 is 0 Å². The Hall–Kier alpha value is -0.770. The summed E-state index contributed by atoms with van der Waals surface area (Å²) < 4.78 is 20.8. The zero-order valence-corrected chi connectivity index (χ0v) is 23.5. The molecule has 6 atom stereocenters. The summed E-state index contributed by atoms with van der Waals surface area (Å²) in [6, 6.07) is -0.964. The highest BCUT2D eigenvalue weighted by atomic mass is 127. The number of hydrogen-bond acceptors (Lipinski definition) is 11. The van der Waals surface area contributed by atoms with Gasteiger partial charge < -0.3 is 29.4 Å². The Balaban J connectivity index is 3.46. The van der Waals surface area contributed by atoms with E-state index in [0.717, 1.165) is 10.8 Å². The van der Waals surface area contributed by atoms with Gasteiger partial charge in [-0.2, -0.15) is 0 Å². The number of aliphatic hydroxyl groups excluding tert-OH is 1. The number of halogens is 1. The molecule has 1 saturated heterocycles. The quantitative estimate of drug-likeness (QED) is 0.129. The van der Waals surface area contributed by atoms with Crippen LogP contribution in [0.25, 0.3) is 0 Å². The molecule has 190 valence electrons. The first-order valence-corrected chi connectivity index (χ1v) is 13.5. The lowest BCUT2D eigenvalue weighted by Gasteiger charge is -2.48. The van der Waals surface area contributed by atoms with Gasteiger partial charge in [-0.05, 0) is 10.8 Å². The van der Waals surface area contributed by atoms with Crippen LogP contribution >= 0.6 is 44.2 Å². The van der Waals surface area contributed by atoms with Crippen LogP contribution in [0.4, 0.5) is 0 Å². The lowest BCUT2D eigenvalue weighted by Crippen LogP contribution is -2.66. The van der Waals surface area contributed by atoms with Gasteiger partial charge in [0.1, 0.15) is 18.8 Å². The van der Waals surface area contributed by atoms with E-state index in [-0.39, 0.29) is 17.8 Å². The number of rotatable bonds is 9. The van der Waals surface area contributed by atoms with Gasteiger partial charge in [0.2, 0.25) is 10.8 Å². The molecule has 0 saturated carbocycles. The van der Waals surface area contributed by atoms with Crippen molar-refractivity contribution in [1.82, 2.24) is 5.32 Å². The van der Waals surface area contributed by atoms with E-state index in [9.17, 15) is 24.3 Å². The third kappa shape index (κ3) is 9.42. The van der Waals surface area contributed by atoms with Crippen molar-refractivity contribution in [2.45, 2.75) is 85.9 Å². The summed E-state index contributed by atoms with van der Waals surface area (Å²) in [5.74, 6) is -2.30. The minimum absolute atomic E-state index is 0.114. The fourth-order valence-electron chi connectivity index (χ4n) is 3.03. The van der Waals surface area contributed by atoms with Crippen LogP contribution in [0.15, 0.2) is 0 Å². The first kappa shape index (κ1) is 30.3. The van der Waals surface area contributed by atoms with Gasteiger partial charge in [0.15, 0.2) is 0 Å². The van der Waals surface area contributed by atoms with Crippen LogP contribution < -0.4 is 5.32 Å². The van der Waals surface area contributed by atoms with E-state index in [1.807, 2.05) is 43.4 Å². The maximum atomic E-state index is 13.0. The molecule has 0 spiro atoms.